The van der Waals surface area contributed by atoms with Crippen molar-refractivity contribution < 1.29 is 13.9 Å². The number of nitrogens with zero attached hydrogens (tertiary/aromatic N) is 5. The van der Waals surface area contributed by atoms with Gasteiger partial charge in [-0.05, 0) is 43.3 Å². The fourth-order valence-electron chi connectivity index (χ4n) is 3.02. The van der Waals surface area contributed by atoms with Crippen LogP contribution in [0.25, 0.3) is 11.4 Å². The van der Waals surface area contributed by atoms with Gasteiger partial charge in [0.1, 0.15) is 17.3 Å². The number of anilines is 1. The van der Waals surface area contributed by atoms with Crippen molar-refractivity contribution in [1.82, 2.24) is 19.7 Å². The van der Waals surface area contributed by atoms with Gasteiger partial charge in [-0.1, -0.05) is 0 Å². The van der Waals surface area contributed by atoms with Gasteiger partial charge in [0, 0.05) is 25.5 Å². The number of carbonyl (C=O) groups excluding carboxylic acids is 1. The number of amides is 1. The van der Waals surface area contributed by atoms with Crippen molar-refractivity contribution in [3.8, 4) is 17.1 Å². The standard InChI is InChI=1S/C22H24FN7O2/c1-3-29(12-13-30-11-8-21(28-30)20-6-4-16(23)15-25-20)22(31)18-14-17(32-2)5-7-19(18)27-26-10-9-24/h4-11,14-15,24,27H,3,12-13H2,1-2H3/b24-9?,26-10-. The number of nitrogens with one attached hydrogen (secondary N) is 2. The number of likely N-dealkylation sites (N-methyl/N-ethyl adjacent to an activating group) is 1. The third-order valence-electron chi connectivity index (χ3n) is 4.69. The van der Waals surface area contributed by atoms with Crippen LogP contribution in [0.1, 0.15) is 17.3 Å². The van der Waals surface area contributed by atoms with Crippen LogP contribution in [0.2, 0.25) is 0 Å². The van der Waals surface area contributed by atoms with E-state index in [1.165, 1.54) is 19.4 Å². The van der Waals surface area contributed by atoms with Crippen molar-refractivity contribution in [2.45, 2.75) is 13.5 Å². The van der Waals surface area contributed by atoms with E-state index in [-0.39, 0.29) is 5.91 Å². The first-order valence-corrected chi connectivity index (χ1v) is 9.96. The van der Waals surface area contributed by atoms with Crippen LogP contribution in [0.15, 0.2) is 53.9 Å². The van der Waals surface area contributed by atoms with Crippen molar-refractivity contribution in [1.29, 1.82) is 5.41 Å². The van der Waals surface area contributed by atoms with E-state index in [0.717, 1.165) is 12.4 Å². The molecule has 2 heterocycles. The van der Waals surface area contributed by atoms with Crippen LogP contribution in [-0.2, 0) is 6.54 Å². The monoisotopic (exact) mass is 437 g/mol. The van der Waals surface area contributed by atoms with Gasteiger partial charge in [0.2, 0.25) is 0 Å². The molecule has 0 atom stereocenters. The van der Waals surface area contributed by atoms with E-state index in [1.54, 1.807) is 46.1 Å². The molecule has 0 spiro atoms. The largest absolute Gasteiger partial charge is 0.497 e. The van der Waals surface area contributed by atoms with Gasteiger partial charge < -0.3 is 15.0 Å². The molecule has 9 nitrogen and oxygen atoms in total. The summed E-state index contributed by atoms with van der Waals surface area (Å²) in [7, 11) is 1.53. The van der Waals surface area contributed by atoms with E-state index in [4.69, 9.17) is 10.1 Å². The number of pyridine rings is 1. The first kappa shape index (κ1) is 22.6. The van der Waals surface area contributed by atoms with Crippen molar-refractivity contribution in [2.24, 2.45) is 5.10 Å². The van der Waals surface area contributed by atoms with Gasteiger partial charge in [0.25, 0.3) is 5.91 Å². The lowest BCUT2D eigenvalue weighted by atomic mass is 10.1. The summed E-state index contributed by atoms with van der Waals surface area (Å²) < 4.78 is 20.1. The van der Waals surface area contributed by atoms with Crippen molar-refractivity contribution in [3.05, 3.63) is 60.2 Å². The molecular formula is C22H24FN7O2. The zero-order valence-electron chi connectivity index (χ0n) is 17.8. The molecule has 0 radical (unpaired) electrons. The highest BCUT2D eigenvalue weighted by molar-refractivity contribution is 6.14. The summed E-state index contributed by atoms with van der Waals surface area (Å²) in [4.78, 5) is 19.0. The Morgan fingerprint density at radius 2 is 2.16 bits per heavy atom. The average molecular weight is 437 g/mol. The number of benzene rings is 1. The fourth-order valence-corrected chi connectivity index (χ4v) is 3.02. The fraction of sp³-hybridized carbons (Fsp3) is 0.227. The van der Waals surface area contributed by atoms with Gasteiger partial charge in [0.05, 0.1) is 43.0 Å². The minimum atomic E-state index is -0.403. The predicted octanol–water partition coefficient (Wildman–Crippen LogP) is 3.30. The summed E-state index contributed by atoms with van der Waals surface area (Å²) >= 11 is 0. The summed E-state index contributed by atoms with van der Waals surface area (Å²) in [6.45, 7) is 3.29. The Kier molecular flexibility index (Phi) is 7.63. The summed E-state index contributed by atoms with van der Waals surface area (Å²) in [5, 5.41) is 15.4. The quantitative estimate of drug-likeness (QED) is 0.374. The highest BCUT2D eigenvalue weighted by atomic mass is 19.1. The van der Waals surface area contributed by atoms with E-state index in [1.807, 2.05) is 6.92 Å². The molecular weight excluding hydrogens is 413 g/mol. The molecule has 0 fully saturated rings. The molecule has 1 amide bonds. The first-order chi connectivity index (χ1) is 15.5. The Labute approximate surface area is 185 Å². The van der Waals surface area contributed by atoms with Gasteiger partial charge in [-0.25, -0.2) is 4.39 Å². The van der Waals surface area contributed by atoms with Crippen LogP contribution in [0.5, 0.6) is 5.75 Å². The number of hydrogen-bond acceptors (Lipinski definition) is 7. The summed E-state index contributed by atoms with van der Waals surface area (Å²) in [6.07, 6.45) is 5.26. The Balaban J connectivity index is 1.73. The molecule has 0 bridgehead atoms. The van der Waals surface area contributed by atoms with E-state index >= 15 is 0 Å². The average Bonchev–Trinajstić information content (AvgIpc) is 3.29. The number of ether oxygens (including phenoxy) is 1. The lowest BCUT2D eigenvalue weighted by molar-refractivity contribution is 0.0758. The summed E-state index contributed by atoms with van der Waals surface area (Å²) in [6, 6.07) is 9.79. The number of hydrazone groups is 1. The number of aromatic nitrogens is 3. The molecule has 0 unspecified atom stereocenters. The molecule has 3 aromatic rings. The van der Waals surface area contributed by atoms with E-state index in [9.17, 15) is 9.18 Å². The number of hydrogen-bond donors (Lipinski definition) is 2. The second-order valence-electron chi connectivity index (χ2n) is 6.68. The molecule has 32 heavy (non-hydrogen) atoms. The third-order valence-corrected chi connectivity index (χ3v) is 4.69. The minimum absolute atomic E-state index is 0.188. The third kappa shape index (κ3) is 5.54. The highest BCUT2D eigenvalue weighted by Crippen LogP contribution is 2.24. The van der Waals surface area contributed by atoms with Crippen LogP contribution >= 0.6 is 0 Å². The highest BCUT2D eigenvalue weighted by Gasteiger charge is 2.19. The van der Waals surface area contributed by atoms with Gasteiger partial charge in [-0.3, -0.25) is 19.9 Å². The maximum absolute atomic E-state index is 13.2. The van der Waals surface area contributed by atoms with Crippen molar-refractivity contribution in [2.75, 3.05) is 25.6 Å². The van der Waals surface area contributed by atoms with E-state index in [0.29, 0.717) is 48.0 Å². The zero-order chi connectivity index (χ0) is 22.9. The van der Waals surface area contributed by atoms with Gasteiger partial charge in [-0.2, -0.15) is 10.2 Å². The second kappa shape index (κ2) is 10.8. The normalized spacial score (nSPS) is 10.8. The molecule has 2 N–H and O–H groups in total. The Hall–Kier alpha value is -4.08. The smallest absolute Gasteiger partial charge is 0.256 e. The van der Waals surface area contributed by atoms with Gasteiger partial charge >= 0.3 is 0 Å². The van der Waals surface area contributed by atoms with Crippen molar-refractivity contribution >= 4 is 24.0 Å². The molecule has 3 rings (SSSR count). The van der Waals surface area contributed by atoms with Crippen LogP contribution in [0.4, 0.5) is 10.1 Å². The Morgan fingerprint density at radius 1 is 1.31 bits per heavy atom. The van der Waals surface area contributed by atoms with E-state index < -0.39 is 5.82 Å². The second-order valence-corrected chi connectivity index (χ2v) is 6.68. The topological polar surface area (TPSA) is 108 Å². The van der Waals surface area contributed by atoms with Crippen LogP contribution in [0.3, 0.4) is 0 Å². The maximum atomic E-state index is 13.2. The summed E-state index contributed by atoms with van der Waals surface area (Å²) in [5.74, 6) is -0.0405. The molecule has 1 aromatic carbocycles. The Bertz CT molecular complexity index is 1100. The maximum Gasteiger partial charge on any atom is 0.256 e. The number of methoxy groups -OCH3 is 1. The molecule has 0 saturated heterocycles. The van der Waals surface area contributed by atoms with Crippen LogP contribution in [0, 0.1) is 11.2 Å². The number of rotatable bonds is 10. The minimum Gasteiger partial charge on any atom is -0.497 e. The van der Waals surface area contributed by atoms with Crippen LogP contribution < -0.4 is 10.2 Å². The van der Waals surface area contributed by atoms with Crippen molar-refractivity contribution in [3.63, 3.8) is 0 Å². The zero-order valence-corrected chi connectivity index (χ0v) is 17.8. The molecule has 0 aliphatic carbocycles. The molecule has 0 saturated carbocycles. The summed E-state index contributed by atoms with van der Waals surface area (Å²) in [5.41, 5.74) is 4.91. The number of halogens is 1. The Morgan fingerprint density at radius 3 is 2.84 bits per heavy atom. The molecule has 10 heteroatoms. The molecule has 166 valence electrons. The van der Waals surface area contributed by atoms with Crippen LogP contribution in [-0.4, -0.2) is 58.2 Å². The van der Waals surface area contributed by atoms with Gasteiger partial charge in [0.15, 0.2) is 0 Å². The predicted molar refractivity (Wildman–Crippen MR) is 121 cm³/mol. The van der Waals surface area contributed by atoms with Gasteiger partial charge in [-0.15, -0.1) is 0 Å². The molecule has 0 aliphatic rings. The molecule has 0 aliphatic heterocycles. The lowest BCUT2D eigenvalue weighted by Crippen LogP contribution is -2.34. The van der Waals surface area contributed by atoms with E-state index in [2.05, 4.69) is 20.6 Å². The first-order valence-electron chi connectivity index (χ1n) is 9.96. The molecule has 2 aromatic heterocycles. The lowest BCUT2D eigenvalue weighted by Gasteiger charge is -2.22. The SMILES string of the molecule is CCN(CCn1ccc(-c2ccc(F)cn2)n1)C(=O)c1cc(OC)ccc1N/N=C\C=N. The number of carbonyl (C=O) groups is 1.